The SMILES string of the molecule is Cc1c(Nc2cc[nH]c(=O)c2C(=O)Nc2ccc(N3CCS(=O)(=O)CC3)cc2)cnc2c1NCCO2. The second-order valence-corrected chi connectivity index (χ2v) is 10.9. The summed E-state index contributed by atoms with van der Waals surface area (Å²) in [5, 5.41) is 9.20. The van der Waals surface area contributed by atoms with E-state index in [4.69, 9.17) is 4.74 Å². The molecule has 4 N–H and O–H groups in total. The molecular formula is C24H26N6O5S. The number of amides is 1. The highest BCUT2D eigenvalue weighted by Crippen LogP contribution is 2.34. The Balaban J connectivity index is 1.34. The molecule has 4 heterocycles. The molecule has 0 saturated carbocycles. The summed E-state index contributed by atoms with van der Waals surface area (Å²) in [6.45, 7) is 3.96. The molecule has 0 unspecified atom stereocenters. The maximum absolute atomic E-state index is 13.1. The van der Waals surface area contributed by atoms with Gasteiger partial charge in [0.1, 0.15) is 17.9 Å². The molecule has 0 bridgehead atoms. The van der Waals surface area contributed by atoms with E-state index >= 15 is 0 Å². The first-order valence-corrected chi connectivity index (χ1v) is 13.3. The van der Waals surface area contributed by atoms with Gasteiger partial charge in [0.05, 0.1) is 29.1 Å². The predicted molar refractivity (Wildman–Crippen MR) is 139 cm³/mol. The van der Waals surface area contributed by atoms with Crippen LogP contribution in [0.3, 0.4) is 0 Å². The Kier molecular flexibility index (Phi) is 6.27. The Morgan fingerprint density at radius 3 is 2.61 bits per heavy atom. The monoisotopic (exact) mass is 510 g/mol. The van der Waals surface area contributed by atoms with E-state index in [-0.39, 0.29) is 17.1 Å². The summed E-state index contributed by atoms with van der Waals surface area (Å²) in [4.78, 5) is 34.6. The van der Waals surface area contributed by atoms with E-state index in [1.807, 2.05) is 24.0 Å². The van der Waals surface area contributed by atoms with Crippen molar-refractivity contribution in [3.63, 3.8) is 0 Å². The Labute approximate surface area is 207 Å². The van der Waals surface area contributed by atoms with Gasteiger partial charge in [0.15, 0.2) is 9.84 Å². The van der Waals surface area contributed by atoms with Crippen LogP contribution in [0, 0.1) is 6.92 Å². The van der Waals surface area contributed by atoms with E-state index in [1.165, 1.54) is 6.20 Å². The van der Waals surface area contributed by atoms with Gasteiger partial charge < -0.3 is 30.6 Å². The summed E-state index contributed by atoms with van der Waals surface area (Å²) < 4.78 is 28.9. The number of sulfone groups is 1. The van der Waals surface area contributed by atoms with E-state index in [1.54, 1.807) is 24.4 Å². The zero-order chi connectivity index (χ0) is 25.3. The van der Waals surface area contributed by atoms with Gasteiger partial charge in [-0.15, -0.1) is 0 Å². The van der Waals surface area contributed by atoms with Crippen molar-refractivity contribution in [2.75, 3.05) is 58.6 Å². The van der Waals surface area contributed by atoms with Gasteiger partial charge in [0.2, 0.25) is 5.88 Å². The number of benzene rings is 1. The average Bonchev–Trinajstić information content (AvgIpc) is 2.86. The number of aromatic nitrogens is 2. The van der Waals surface area contributed by atoms with Crippen molar-refractivity contribution in [1.82, 2.24) is 9.97 Å². The van der Waals surface area contributed by atoms with Gasteiger partial charge in [-0.1, -0.05) is 0 Å². The molecule has 12 heteroatoms. The minimum absolute atomic E-state index is 0.0656. The number of pyridine rings is 2. The summed E-state index contributed by atoms with van der Waals surface area (Å²) in [5.41, 5.74) is 3.38. The number of nitrogens with one attached hydrogen (secondary N) is 4. The topological polar surface area (TPSA) is 146 Å². The molecule has 3 aromatic rings. The number of carbonyl (C=O) groups excluding carboxylic acids is 1. The van der Waals surface area contributed by atoms with Crippen molar-refractivity contribution < 1.29 is 17.9 Å². The molecule has 0 radical (unpaired) electrons. The fourth-order valence-corrected chi connectivity index (χ4v) is 5.42. The second kappa shape index (κ2) is 9.53. The quantitative estimate of drug-likeness (QED) is 0.405. The lowest BCUT2D eigenvalue weighted by molar-refractivity contribution is 0.102. The van der Waals surface area contributed by atoms with Crippen LogP contribution in [0.15, 0.2) is 47.5 Å². The van der Waals surface area contributed by atoms with E-state index in [0.717, 1.165) is 16.9 Å². The van der Waals surface area contributed by atoms with E-state index < -0.39 is 21.3 Å². The maximum atomic E-state index is 13.1. The molecule has 0 aliphatic carbocycles. The molecule has 188 valence electrons. The molecule has 1 saturated heterocycles. The number of aromatic amines is 1. The lowest BCUT2D eigenvalue weighted by Gasteiger charge is -2.28. The minimum atomic E-state index is -2.97. The molecule has 36 heavy (non-hydrogen) atoms. The molecule has 11 nitrogen and oxygen atoms in total. The standard InChI is InChI=1S/C24H26N6O5S/c1-15-19(14-27-24-21(15)25-8-11-35-24)29-18-6-7-26-22(31)20(18)23(32)28-16-2-4-17(5-3-16)30-9-12-36(33,34)13-10-30/h2-7,14,25H,8-13H2,1H3,(H,28,32)(H2,26,29,31). The third kappa shape index (κ3) is 4.85. The number of hydrogen-bond donors (Lipinski definition) is 4. The zero-order valence-corrected chi connectivity index (χ0v) is 20.4. The van der Waals surface area contributed by atoms with Gasteiger partial charge in [0.25, 0.3) is 11.5 Å². The molecular weight excluding hydrogens is 484 g/mol. The number of H-pyrrole nitrogens is 1. The first kappa shape index (κ1) is 23.7. The molecule has 5 rings (SSSR count). The lowest BCUT2D eigenvalue weighted by atomic mass is 10.1. The van der Waals surface area contributed by atoms with Crippen molar-refractivity contribution in [2.45, 2.75) is 6.92 Å². The summed E-state index contributed by atoms with van der Waals surface area (Å²) >= 11 is 0. The van der Waals surface area contributed by atoms with Gasteiger partial charge in [0, 0.05) is 42.8 Å². The van der Waals surface area contributed by atoms with Crippen LogP contribution in [-0.2, 0) is 9.84 Å². The molecule has 0 spiro atoms. The Hall–Kier alpha value is -4.06. The molecule has 2 aliphatic heterocycles. The fourth-order valence-electron chi connectivity index (χ4n) is 4.22. The number of nitrogens with zero attached hydrogens (tertiary/aromatic N) is 2. The van der Waals surface area contributed by atoms with Gasteiger partial charge in [-0.3, -0.25) is 9.59 Å². The molecule has 1 aromatic carbocycles. The molecule has 2 aromatic heterocycles. The van der Waals surface area contributed by atoms with Crippen molar-refractivity contribution in [2.24, 2.45) is 0 Å². The van der Waals surface area contributed by atoms with Crippen molar-refractivity contribution in [1.29, 1.82) is 0 Å². The van der Waals surface area contributed by atoms with Crippen LogP contribution >= 0.6 is 0 Å². The lowest BCUT2D eigenvalue weighted by Crippen LogP contribution is -2.40. The number of fused-ring (bicyclic) bond motifs is 1. The second-order valence-electron chi connectivity index (χ2n) is 8.61. The van der Waals surface area contributed by atoms with Crippen LogP contribution < -0.4 is 31.1 Å². The third-order valence-electron chi connectivity index (χ3n) is 6.24. The number of ether oxygens (including phenoxy) is 1. The van der Waals surface area contributed by atoms with Crippen molar-refractivity contribution in [3.8, 4) is 5.88 Å². The largest absolute Gasteiger partial charge is 0.474 e. The molecule has 2 aliphatic rings. The van der Waals surface area contributed by atoms with E-state index in [0.29, 0.717) is 49.2 Å². The number of hydrogen-bond acceptors (Lipinski definition) is 9. The number of rotatable bonds is 5. The van der Waals surface area contributed by atoms with Gasteiger partial charge in [-0.05, 0) is 37.3 Å². The third-order valence-corrected chi connectivity index (χ3v) is 7.85. The van der Waals surface area contributed by atoms with Gasteiger partial charge in [-0.2, -0.15) is 0 Å². The Bertz CT molecular complexity index is 1460. The van der Waals surface area contributed by atoms with Crippen LogP contribution in [0.2, 0.25) is 0 Å². The Morgan fingerprint density at radius 2 is 1.86 bits per heavy atom. The van der Waals surface area contributed by atoms with Gasteiger partial charge in [-0.25, -0.2) is 13.4 Å². The van der Waals surface area contributed by atoms with Crippen LogP contribution in [0.25, 0.3) is 0 Å². The predicted octanol–water partition coefficient (Wildman–Crippen LogP) is 2.11. The first-order chi connectivity index (χ1) is 17.3. The van der Waals surface area contributed by atoms with Gasteiger partial charge >= 0.3 is 0 Å². The first-order valence-electron chi connectivity index (χ1n) is 11.5. The zero-order valence-electron chi connectivity index (χ0n) is 19.6. The van der Waals surface area contributed by atoms with Crippen molar-refractivity contribution >= 4 is 44.2 Å². The highest BCUT2D eigenvalue weighted by Gasteiger charge is 2.23. The van der Waals surface area contributed by atoms with Crippen LogP contribution in [0.1, 0.15) is 15.9 Å². The fraction of sp³-hybridized carbons (Fsp3) is 0.292. The molecule has 0 atom stereocenters. The summed E-state index contributed by atoms with van der Waals surface area (Å²) in [6.07, 6.45) is 3.08. The van der Waals surface area contributed by atoms with E-state index in [9.17, 15) is 18.0 Å². The molecule has 1 amide bonds. The number of anilines is 5. The summed E-state index contributed by atoms with van der Waals surface area (Å²) in [5.74, 6) is 0.199. The maximum Gasteiger partial charge on any atom is 0.263 e. The molecule has 1 fully saturated rings. The summed E-state index contributed by atoms with van der Waals surface area (Å²) in [7, 11) is -2.97. The minimum Gasteiger partial charge on any atom is -0.474 e. The van der Waals surface area contributed by atoms with Crippen molar-refractivity contribution in [3.05, 3.63) is 64.2 Å². The highest BCUT2D eigenvalue weighted by atomic mass is 32.2. The van der Waals surface area contributed by atoms with E-state index in [2.05, 4.69) is 25.9 Å². The normalized spacial score (nSPS) is 16.3. The average molecular weight is 511 g/mol. The van der Waals surface area contributed by atoms with Crippen LogP contribution in [-0.4, -0.2) is 62.0 Å². The summed E-state index contributed by atoms with van der Waals surface area (Å²) in [6, 6.07) is 8.71. The highest BCUT2D eigenvalue weighted by molar-refractivity contribution is 7.91. The smallest absolute Gasteiger partial charge is 0.263 e. The van der Waals surface area contributed by atoms with Crippen LogP contribution in [0.5, 0.6) is 5.88 Å². The number of carbonyl (C=O) groups is 1. The van der Waals surface area contributed by atoms with Crippen LogP contribution in [0.4, 0.5) is 28.4 Å². The Morgan fingerprint density at radius 1 is 1.11 bits per heavy atom.